The van der Waals surface area contributed by atoms with Crippen molar-refractivity contribution < 1.29 is 22.5 Å². The largest absolute Gasteiger partial charge is 0.416 e. The smallest absolute Gasteiger partial charge is 0.342 e. The fourth-order valence-electron chi connectivity index (χ4n) is 3.39. The lowest BCUT2D eigenvalue weighted by atomic mass is 10.1. The van der Waals surface area contributed by atoms with Crippen LogP contribution in [0.3, 0.4) is 0 Å². The molecule has 1 amide bonds. The Hall–Kier alpha value is -3.16. The molecule has 1 atom stereocenters. The van der Waals surface area contributed by atoms with Crippen molar-refractivity contribution in [3.63, 3.8) is 0 Å². The van der Waals surface area contributed by atoms with Crippen LogP contribution in [0.15, 0.2) is 59.1 Å². The van der Waals surface area contributed by atoms with Crippen molar-refractivity contribution in [2.45, 2.75) is 24.9 Å². The number of carbonyl (C=O) groups is 1. The van der Waals surface area contributed by atoms with E-state index in [4.69, 9.17) is 4.52 Å². The Labute approximate surface area is 165 Å². The van der Waals surface area contributed by atoms with E-state index < -0.39 is 11.7 Å². The monoisotopic (exact) mass is 401 g/mol. The highest BCUT2D eigenvalue weighted by atomic mass is 19.4. The minimum Gasteiger partial charge on any atom is -0.342 e. The first-order valence-corrected chi connectivity index (χ1v) is 9.23. The van der Waals surface area contributed by atoms with Gasteiger partial charge in [-0.1, -0.05) is 47.6 Å². The Morgan fingerprint density at radius 2 is 1.79 bits per heavy atom. The predicted octanol–water partition coefficient (Wildman–Crippen LogP) is 4.31. The van der Waals surface area contributed by atoms with Crippen molar-refractivity contribution in [1.82, 2.24) is 15.0 Å². The van der Waals surface area contributed by atoms with Crippen molar-refractivity contribution >= 4 is 5.91 Å². The fourth-order valence-corrected chi connectivity index (χ4v) is 3.39. The van der Waals surface area contributed by atoms with Crippen molar-refractivity contribution in [3.8, 4) is 11.4 Å². The summed E-state index contributed by atoms with van der Waals surface area (Å²) in [7, 11) is 0. The molecule has 1 aromatic heterocycles. The molecule has 1 aliphatic heterocycles. The van der Waals surface area contributed by atoms with E-state index in [0.717, 1.165) is 24.1 Å². The third kappa shape index (κ3) is 4.31. The molecule has 1 fully saturated rings. The molecule has 2 aromatic carbocycles. The molecule has 0 bridgehead atoms. The van der Waals surface area contributed by atoms with Crippen LogP contribution in [-0.2, 0) is 17.4 Å². The minimum atomic E-state index is -4.39. The van der Waals surface area contributed by atoms with Gasteiger partial charge in [0.15, 0.2) is 0 Å². The van der Waals surface area contributed by atoms with Crippen molar-refractivity contribution in [2.24, 2.45) is 0 Å². The van der Waals surface area contributed by atoms with Crippen LogP contribution >= 0.6 is 0 Å². The van der Waals surface area contributed by atoms with Crippen LogP contribution in [0.4, 0.5) is 13.2 Å². The molecule has 1 unspecified atom stereocenters. The second-order valence-electron chi connectivity index (χ2n) is 7.01. The number of amides is 1. The van der Waals surface area contributed by atoms with Gasteiger partial charge in [0.25, 0.3) is 0 Å². The van der Waals surface area contributed by atoms with Crippen LogP contribution in [0.2, 0.25) is 0 Å². The zero-order valence-corrected chi connectivity index (χ0v) is 15.4. The number of likely N-dealkylation sites (tertiary alicyclic amines) is 1. The Morgan fingerprint density at radius 3 is 2.48 bits per heavy atom. The molecule has 29 heavy (non-hydrogen) atoms. The molecule has 2 heterocycles. The Bertz CT molecular complexity index is 984. The first-order valence-electron chi connectivity index (χ1n) is 9.23. The second-order valence-corrected chi connectivity index (χ2v) is 7.01. The van der Waals surface area contributed by atoms with E-state index in [1.165, 1.54) is 12.1 Å². The average Bonchev–Trinajstić information content (AvgIpc) is 3.34. The van der Waals surface area contributed by atoms with Crippen molar-refractivity contribution in [3.05, 3.63) is 71.6 Å². The third-order valence-corrected chi connectivity index (χ3v) is 4.99. The van der Waals surface area contributed by atoms with Gasteiger partial charge in [-0.05, 0) is 24.1 Å². The summed E-state index contributed by atoms with van der Waals surface area (Å²) in [5.74, 6) is 0.355. The summed E-state index contributed by atoms with van der Waals surface area (Å²) in [5, 5.41) is 3.87. The molecule has 3 aromatic rings. The van der Waals surface area contributed by atoms with Gasteiger partial charge in [0.2, 0.25) is 17.6 Å². The van der Waals surface area contributed by atoms with Gasteiger partial charge in [-0.25, -0.2) is 0 Å². The lowest BCUT2D eigenvalue weighted by Gasteiger charge is -2.15. The summed E-state index contributed by atoms with van der Waals surface area (Å²) >= 11 is 0. The number of benzene rings is 2. The van der Waals surface area contributed by atoms with Gasteiger partial charge in [-0.15, -0.1) is 0 Å². The maximum absolute atomic E-state index is 12.7. The number of aromatic nitrogens is 2. The summed E-state index contributed by atoms with van der Waals surface area (Å²) in [6.45, 7) is 1.10. The molecule has 1 aliphatic rings. The summed E-state index contributed by atoms with van der Waals surface area (Å²) in [6, 6.07) is 14.5. The SMILES string of the molecule is O=C1CC(c2nc(-c3ccc(C(F)(F)F)cc3)no2)CN1CCc1ccccc1. The topological polar surface area (TPSA) is 59.2 Å². The molecular formula is C21H18F3N3O2. The first kappa shape index (κ1) is 19.2. The molecular weight excluding hydrogens is 383 g/mol. The molecule has 150 valence electrons. The zero-order chi connectivity index (χ0) is 20.4. The number of halogens is 3. The summed E-state index contributed by atoms with van der Waals surface area (Å²) in [5.41, 5.74) is 0.852. The normalized spacial score (nSPS) is 17.1. The van der Waals surface area contributed by atoms with Gasteiger partial charge in [-0.3, -0.25) is 4.79 Å². The van der Waals surface area contributed by atoms with Gasteiger partial charge in [0.1, 0.15) is 0 Å². The van der Waals surface area contributed by atoms with Gasteiger partial charge in [0.05, 0.1) is 11.5 Å². The third-order valence-electron chi connectivity index (χ3n) is 4.99. The van der Waals surface area contributed by atoms with Gasteiger partial charge >= 0.3 is 6.18 Å². The lowest BCUT2D eigenvalue weighted by molar-refractivity contribution is -0.137. The molecule has 0 radical (unpaired) electrons. The van der Waals surface area contributed by atoms with E-state index in [2.05, 4.69) is 10.1 Å². The first-order chi connectivity index (χ1) is 13.9. The fraction of sp³-hybridized carbons (Fsp3) is 0.286. The maximum Gasteiger partial charge on any atom is 0.416 e. The number of rotatable bonds is 5. The van der Waals surface area contributed by atoms with E-state index >= 15 is 0 Å². The van der Waals surface area contributed by atoms with E-state index in [1.54, 1.807) is 4.90 Å². The van der Waals surface area contributed by atoms with Gasteiger partial charge < -0.3 is 9.42 Å². The van der Waals surface area contributed by atoms with Crippen molar-refractivity contribution in [1.29, 1.82) is 0 Å². The molecule has 1 saturated heterocycles. The van der Waals surface area contributed by atoms with E-state index in [1.807, 2.05) is 30.3 Å². The molecule has 0 spiro atoms. The highest BCUT2D eigenvalue weighted by Gasteiger charge is 2.34. The maximum atomic E-state index is 12.7. The standard InChI is InChI=1S/C21H18F3N3O2/c22-21(23,24)17-8-6-15(7-9-17)19-25-20(29-26-19)16-12-18(28)27(13-16)11-10-14-4-2-1-3-5-14/h1-9,16H,10-13H2. The van der Waals surface area contributed by atoms with E-state index in [9.17, 15) is 18.0 Å². The Kier molecular flexibility index (Phi) is 5.08. The number of hydrogen-bond donors (Lipinski definition) is 0. The highest BCUT2D eigenvalue weighted by molar-refractivity contribution is 5.79. The number of carbonyl (C=O) groups excluding carboxylic acids is 1. The number of alkyl halides is 3. The molecule has 0 N–H and O–H groups in total. The second kappa shape index (κ2) is 7.69. The van der Waals surface area contributed by atoms with Crippen LogP contribution in [0, 0.1) is 0 Å². The minimum absolute atomic E-state index is 0.0280. The summed E-state index contributed by atoms with van der Waals surface area (Å²) in [6.07, 6.45) is -3.35. The van der Waals surface area contributed by atoms with Crippen molar-refractivity contribution in [2.75, 3.05) is 13.1 Å². The molecule has 0 aliphatic carbocycles. The molecule has 0 saturated carbocycles. The van der Waals surface area contributed by atoms with Crippen LogP contribution in [-0.4, -0.2) is 34.0 Å². The molecule has 5 nitrogen and oxygen atoms in total. The van der Waals surface area contributed by atoms with Crippen LogP contribution < -0.4 is 0 Å². The molecule has 8 heteroatoms. The number of nitrogens with zero attached hydrogens (tertiary/aromatic N) is 3. The average molecular weight is 401 g/mol. The number of hydrogen-bond acceptors (Lipinski definition) is 4. The zero-order valence-electron chi connectivity index (χ0n) is 15.4. The van der Waals surface area contributed by atoms with E-state index in [0.29, 0.717) is 24.5 Å². The van der Waals surface area contributed by atoms with Crippen LogP contribution in [0.1, 0.15) is 29.4 Å². The highest BCUT2D eigenvalue weighted by Crippen LogP contribution is 2.32. The predicted molar refractivity (Wildman–Crippen MR) is 98.8 cm³/mol. The Balaban J connectivity index is 1.41. The summed E-state index contributed by atoms with van der Waals surface area (Å²) in [4.78, 5) is 18.4. The molecule has 4 rings (SSSR count). The quantitative estimate of drug-likeness (QED) is 0.639. The van der Waals surface area contributed by atoms with E-state index in [-0.39, 0.29) is 24.1 Å². The van der Waals surface area contributed by atoms with Crippen LogP contribution in [0.25, 0.3) is 11.4 Å². The van der Waals surface area contributed by atoms with Gasteiger partial charge in [-0.2, -0.15) is 18.2 Å². The Morgan fingerprint density at radius 1 is 1.07 bits per heavy atom. The van der Waals surface area contributed by atoms with Crippen LogP contribution in [0.5, 0.6) is 0 Å². The summed E-state index contributed by atoms with van der Waals surface area (Å²) < 4.78 is 43.4. The lowest BCUT2D eigenvalue weighted by Crippen LogP contribution is -2.27. The van der Waals surface area contributed by atoms with Gasteiger partial charge in [0, 0.05) is 25.1 Å².